The van der Waals surface area contributed by atoms with Crippen LogP contribution in [-0.4, -0.2) is 44.7 Å². The molecule has 1 atom stereocenters. The SMILES string of the molecule is Cc1ccc(-c2cn3nc(C(=O)NCC(O)C(F)F)c(C4CC4)c3c(=O)[nH]2)cc1F. The summed E-state index contributed by atoms with van der Waals surface area (Å²) < 4.78 is 40.2. The van der Waals surface area contributed by atoms with Crippen molar-refractivity contribution in [3.63, 3.8) is 0 Å². The number of amides is 1. The molecule has 10 heteroatoms. The topological polar surface area (TPSA) is 99.5 Å². The minimum Gasteiger partial charge on any atom is -0.385 e. The predicted molar refractivity (Wildman–Crippen MR) is 102 cm³/mol. The monoisotopic (exact) mass is 420 g/mol. The summed E-state index contributed by atoms with van der Waals surface area (Å²) in [6.07, 6.45) is -1.97. The Bertz CT molecular complexity index is 1180. The number of carbonyl (C=O) groups excluding carboxylic acids is 1. The maximum atomic E-state index is 13.9. The summed E-state index contributed by atoms with van der Waals surface area (Å²) >= 11 is 0. The van der Waals surface area contributed by atoms with Gasteiger partial charge in [-0.15, -0.1) is 0 Å². The number of alkyl halides is 2. The number of aliphatic hydroxyl groups excluding tert-OH is 1. The molecule has 0 radical (unpaired) electrons. The highest BCUT2D eigenvalue weighted by Gasteiger charge is 2.34. The van der Waals surface area contributed by atoms with E-state index >= 15 is 0 Å². The summed E-state index contributed by atoms with van der Waals surface area (Å²) in [5, 5.41) is 15.7. The van der Waals surface area contributed by atoms with E-state index in [1.165, 1.54) is 16.8 Å². The minimum absolute atomic E-state index is 0.0351. The summed E-state index contributed by atoms with van der Waals surface area (Å²) in [6.45, 7) is 0.981. The molecule has 0 bridgehead atoms. The number of aliphatic hydroxyl groups is 1. The number of halogens is 3. The lowest BCUT2D eigenvalue weighted by Gasteiger charge is -2.10. The normalized spacial score (nSPS) is 15.0. The van der Waals surface area contributed by atoms with Crippen molar-refractivity contribution in [1.82, 2.24) is 19.9 Å². The van der Waals surface area contributed by atoms with Crippen molar-refractivity contribution in [2.24, 2.45) is 0 Å². The van der Waals surface area contributed by atoms with Gasteiger partial charge in [0.05, 0.1) is 11.9 Å². The molecule has 0 saturated heterocycles. The quantitative estimate of drug-likeness (QED) is 0.570. The minimum atomic E-state index is -2.99. The van der Waals surface area contributed by atoms with Gasteiger partial charge in [0.2, 0.25) is 0 Å². The van der Waals surface area contributed by atoms with Gasteiger partial charge >= 0.3 is 0 Å². The Balaban J connectivity index is 1.76. The van der Waals surface area contributed by atoms with Gasteiger partial charge in [-0.3, -0.25) is 9.59 Å². The number of aryl methyl sites for hydroxylation is 1. The van der Waals surface area contributed by atoms with E-state index in [4.69, 9.17) is 0 Å². The molecule has 1 amide bonds. The number of fused-ring (bicyclic) bond motifs is 1. The first-order valence-electron chi connectivity index (χ1n) is 9.42. The van der Waals surface area contributed by atoms with Crippen LogP contribution in [0.25, 0.3) is 16.8 Å². The van der Waals surface area contributed by atoms with Gasteiger partial charge in [0, 0.05) is 17.7 Å². The van der Waals surface area contributed by atoms with Gasteiger partial charge in [0.25, 0.3) is 17.9 Å². The zero-order chi connectivity index (χ0) is 21.6. The number of rotatable bonds is 6. The first-order chi connectivity index (χ1) is 14.3. The molecule has 2 heterocycles. The van der Waals surface area contributed by atoms with Crippen molar-refractivity contribution in [3.05, 3.63) is 57.4 Å². The van der Waals surface area contributed by atoms with Gasteiger partial charge in [-0.05, 0) is 37.3 Å². The molecule has 1 aliphatic carbocycles. The van der Waals surface area contributed by atoms with Crippen molar-refractivity contribution < 1.29 is 23.1 Å². The number of nitrogens with one attached hydrogen (secondary N) is 2. The number of hydrogen-bond donors (Lipinski definition) is 3. The zero-order valence-electron chi connectivity index (χ0n) is 16.0. The number of aromatic amines is 1. The Morgan fingerprint density at radius 2 is 2.13 bits per heavy atom. The number of hydrogen-bond acceptors (Lipinski definition) is 4. The van der Waals surface area contributed by atoms with Crippen LogP contribution in [0.15, 0.2) is 29.2 Å². The van der Waals surface area contributed by atoms with Crippen LogP contribution in [0.5, 0.6) is 0 Å². The molecule has 0 spiro atoms. The molecule has 30 heavy (non-hydrogen) atoms. The third-order valence-electron chi connectivity index (χ3n) is 5.11. The highest BCUT2D eigenvalue weighted by atomic mass is 19.3. The summed E-state index contributed by atoms with van der Waals surface area (Å²) in [5.74, 6) is -1.21. The summed E-state index contributed by atoms with van der Waals surface area (Å²) in [7, 11) is 0. The van der Waals surface area contributed by atoms with E-state index in [1.54, 1.807) is 19.1 Å². The summed E-state index contributed by atoms with van der Waals surface area (Å²) in [5.41, 5.74) is 1.31. The maximum absolute atomic E-state index is 13.9. The van der Waals surface area contributed by atoms with E-state index in [9.17, 15) is 27.9 Å². The van der Waals surface area contributed by atoms with Crippen molar-refractivity contribution in [1.29, 1.82) is 0 Å². The zero-order valence-corrected chi connectivity index (χ0v) is 16.0. The number of benzene rings is 1. The van der Waals surface area contributed by atoms with Crippen LogP contribution in [0, 0.1) is 12.7 Å². The molecule has 3 N–H and O–H groups in total. The largest absolute Gasteiger partial charge is 0.385 e. The smallest absolute Gasteiger partial charge is 0.274 e. The molecule has 1 unspecified atom stereocenters. The van der Waals surface area contributed by atoms with E-state index in [2.05, 4.69) is 15.4 Å². The molecule has 3 aromatic rings. The Labute approximate surface area is 168 Å². The fourth-order valence-electron chi connectivity index (χ4n) is 3.31. The van der Waals surface area contributed by atoms with Gasteiger partial charge in [-0.25, -0.2) is 17.7 Å². The second kappa shape index (κ2) is 7.60. The Morgan fingerprint density at radius 1 is 1.40 bits per heavy atom. The number of carbonyl (C=O) groups is 1. The third kappa shape index (κ3) is 3.70. The molecular formula is C20H19F3N4O3. The van der Waals surface area contributed by atoms with Gasteiger partial charge in [-0.1, -0.05) is 12.1 Å². The molecule has 158 valence electrons. The van der Waals surface area contributed by atoms with Gasteiger partial charge in [0.1, 0.15) is 17.4 Å². The highest BCUT2D eigenvalue weighted by Crippen LogP contribution is 2.43. The second-order valence-corrected chi connectivity index (χ2v) is 7.40. The average molecular weight is 420 g/mol. The molecule has 0 aliphatic heterocycles. The van der Waals surface area contributed by atoms with E-state index < -0.39 is 36.4 Å². The van der Waals surface area contributed by atoms with Crippen LogP contribution >= 0.6 is 0 Å². The summed E-state index contributed by atoms with van der Waals surface area (Å²) in [6, 6.07) is 4.52. The summed E-state index contributed by atoms with van der Waals surface area (Å²) in [4.78, 5) is 28.0. The van der Waals surface area contributed by atoms with Crippen LogP contribution < -0.4 is 10.9 Å². The number of aromatic nitrogens is 3. The van der Waals surface area contributed by atoms with Crippen molar-refractivity contribution in [2.45, 2.75) is 38.2 Å². The second-order valence-electron chi connectivity index (χ2n) is 7.40. The van der Waals surface area contributed by atoms with Crippen molar-refractivity contribution >= 4 is 11.4 Å². The molecule has 2 aromatic heterocycles. The van der Waals surface area contributed by atoms with Crippen LogP contribution in [-0.2, 0) is 0 Å². The molecule has 1 aromatic carbocycles. The highest BCUT2D eigenvalue weighted by molar-refractivity contribution is 5.96. The Kier molecular flexibility index (Phi) is 5.10. The molecule has 1 fully saturated rings. The van der Waals surface area contributed by atoms with Crippen molar-refractivity contribution in [2.75, 3.05) is 6.54 Å². The maximum Gasteiger partial charge on any atom is 0.274 e. The standard InChI is InChI=1S/C20H19F3N4O3/c1-9-2-3-11(6-12(9)21)13-8-27-17(20(30)25-13)15(10-4-5-10)16(26-27)19(29)24-7-14(28)18(22)23/h2-3,6,8,10,14,18,28H,4-5,7H2,1H3,(H,24,29)(H,25,30). The number of nitrogens with zero attached hydrogens (tertiary/aromatic N) is 2. The van der Waals surface area contributed by atoms with E-state index in [0.717, 1.165) is 12.8 Å². The first-order valence-corrected chi connectivity index (χ1v) is 9.42. The Hall–Kier alpha value is -3.14. The molecular weight excluding hydrogens is 401 g/mol. The molecule has 4 rings (SSSR count). The van der Waals surface area contributed by atoms with Gasteiger partial charge in [-0.2, -0.15) is 5.10 Å². The molecule has 1 saturated carbocycles. The predicted octanol–water partition coefficient (Wildman–Crippen LogP) is 2.37. The first kappa shape index (κ1) is 20.1. The van der Waals surface area contributed by atoms with Gasteiger partial charge < -0.3 is 15.4 Å². The third-order valence-corrected chi connectivity index (χ3v) is 5.11. The van der Waals surface area contributed by atoms with Crippen LogP contribution in [0.3, 0.4) is 0 Å². The van der Waals surface area contributed by atoms with E-state index in [1.807, 2.05) is 0 Å². The number of H-pyrrole nitrogens is 1. The molecule has 1 aliphatic rings. The Morgan fingerprint density at radius 3 is 2.77 bits per heavy atom. The lowest BCUT2D eigenvalue weighted by atomic mass is 10.1. The van der Waals surface area contributed by atoms with Crippen molar-refractivity contribution in [3.8, 4) is 11.3 Å². The van der Waals surface area contributed by atoms with Gasteiger partial charge in [0.15, 0.2) is 5.69 Å². The fraction of sp³-hybridized carbons (Fsp3) is 0.350. The van der Waals surface area contributed by atoms with Crippen LogP contribution in [0.2, 0.25) is 0 Å². The average Bonchev–Trinajstić information content (AvgIpc) is 3.47. The lowest BCUT2D eigenvalue weighted by Crippen LogP contribution is -2.36. The van der Waals surface area contributed by atoms with E-state index in [-0.39, 0.29) is 17.1 Å². The fourth-order valence-corrected chi connectivity index (χ4v) is 3.31. The molecule has 7 nitrogen and oxygen atoms in total. The van der Waals surface area contributed by atoms with Crippen LogP contribution in [0.4, 0.5) is 13.2 Å². The van der Waals surface area contributed by atoms with E-state index in [0.29, 0.717) is 22.4 Å². The lowest BCUT2D eigenvalue weighted by molar-refractivity contribution is -0.00273. The van der Waals surface area contributed by atoms with Crippen LogP contribution in [0.1, 0.15) is 40.4 Å².